The standard InChI is InChI=1S/C26H28N4O4/c1-2-22(30-25(32)18-8-3-4-9-19(18)26(30)33)23-27-21-11-6-5-10-20(21)24(31)29(23)13-7-12-28-14-16-34-17-15-28/h3-6,8-11,22H,2,7,12-17H2,1H3. The van der Waals surface area contributed by atoms with Gasteiger partial charge in [0.05, 0.1) is 41.3 Å². The van der Waals surface area contributed by atoms with Crippen molar-refractivity contribution in [1.29, 1.82) is 0 Å². The Balaban J connectivity index is 1.53. The number of fused-ring (bicyclic) bond motifs is 2. The van der Waals surface area contributed by atoms with Gasteiger partial charge >= 0.3 is 0 Å². The van der Waals surface area contributed by atoms with E-state index in [9.17, 15) is 14.4 Å². The summed E-state index contributed by atoms with van der Waals surface area (Å²) in [5.41, 5.74) is 1.22. The highest BCUT2D eigenvalue weighted by Gasteiger charge is 2.41. The Morgan fingerprint density at radius 3 is 2.24 bits per heavy atom. The van der Waals surface area contributed by atoms with E-state index in [0.717, 1.165) is 39.3 Å². The zero-order chi connectivity index (χ0) is 23.7. The second-order valence-corrected chi connectivity index (χ2v) is 8.70. The third-order valence-electron chi connectivity index (χ3n) is 6.67. The predicted octanol–water partition coefficient (Wildman–Crippen LogP) is 2.87. The van der Waals surface area contributed by atoms with Gasteiger partial charge in [-0.3, -0.25) is 28.8 Å². The van der Waals surface area contributed by atoms with Crippen molar-refractivity contribution < 1.29 is 14.3 Å². The second-order valence-electron chi connectivity index (χ2n) is 8.70. The summed E-state index contributed by atoms with van der Waals surface area (Å²) in [5.74, 6) is -0.216. The average molecular weight is 461 g/mol. The van der Waals surface area contributed by atoms with Crippen molar-refractivity contribution in [3.8, 4) is 0 Å². The molecule has 2 aromatic carbocycles. The summed E-state index contributed by atoms with van der Waals surface area (Å²) in [7, 11) is 0. The summed E-state index contributed by atoms with van der Waals surface area (Å²) in [6, 6.07) is 13.5. The van der Waals surface area contributed by atoms with Crippen LogP contribution in [0.25, 0.3) is 10.9 Å². The van der Waals surface area contributed by atoms with Crippen LogP contribution in [0, 0.1) is 0 Å². The van der Waals surface area contributed by atoms with Crippen molar-refractivity contribution in [2.75, 3.05) is 32.8 Å². The van der Waals surface area contributed by atoms with E-state index in [-0.39, 0.29) is 17.4 Å². The second kappa shape index (κ2) is 9.48. The molecule has 0 spiro atoms. The van der Waals surface area contributed by atoms with Crippen LogP contribution in [0.15, 0.2) is 53.3 Å². The first-order chi connectivity index (χ1) is 16.6. The lowest BCUT2D eigenvalue weighted by molar-refractivity contribution is 0.0368. The number of morpholine rings is 1. The van der Waals surface area contributed by atoms with E-state index >= 15 is 0 Å². The Kier molecular flexibility index (Phi) is 6.26. The first-order valence-electron chi connectivity index (χ1n) is 11.9. The number of aromatic nitrogens is 2. The summed E-state index contributed by atoms with van der Waals surface area (Å²) in [6.45, 7) is 6.41. The third kappa shape index (κ3) is 3.93. The van der Waals surface area contributed by atoms with Gasteiger partial charge in [-0.05, 0) is 37.1 Å². The molecule has 2 aliphatic heterocycles. The summed E-state index contributed by atoms with van der Waals surface area (Å²) in [5, 5.41) is 0.537. The number of nitrogens with zero attached hydrogens (tertiary/aromatic N) is 4. The number of amides is 2. The van der Waals surface area contributed by atoms with Crippen LogP contribution in [0.3, 0.4) is 0 Å². The molecule has 3 heterocycles. The van der Waals surface area contributed by atoms with Gasteiger partial charge in [-0.2, -0.15) is 0 Å². The number of hydrogen-bond donors (Lipinski definition) is 0. The highest BCUT2D eigenvalue weighted by molar-refractivity contribution is 6.21. The van der Waals surface area contributed by atoms with Crippen LogP contribution >= 0.6 is 0 Å². The lowest BCUT2D eigenvalue weighted by atomic mass is 10.1. The molecule has 8 nitrogen and oxygen atoms in total. The molecule has 0 N–H and O–H groups in total. The highest BCUT2D eigenvalue weighted by atomic mass is 16.5. The number of rotatable bonds is 7. The van der Waals surface area contributed by atoms with Gasteiger partial charge in [-0.15, -0.1) is 0 Å². The normalized spacial score (nSPS) is 17.4. The SMILES string of the molecule is CCC(c1nc2ccccc2c(=O)n1CCCN1CCOCC1)N1C(=O)c2ccccc2C1=O. The minimum absolute atomic E-state index is 0.141. The lowest BCUT2D eigenvalue weighted by Crippen LogP contribution is -2.39. The van der Waals surface area contributed by atoms with Crippen LogP contribution in [0.5, 0.6) is 0 Å². The molecular weight excluding hydrogens is 432 g/mol. The molecule has 5 rings (SSSR count). The summed E-state index contributed by atoms with van der Waals surface area (Å²) in [4.78, 5) is 48.4. The van der Waals surface area contributed by atoms with Crippen LogP contribution in [-0.4, -0.2) is 64.0 Å². The van der Waals surface area contributed by atoms with Crippen molar-refractivity contribution in [1.82, 2.24) is 19.4 Å². The van der Waals surface area contributed by atoms with Gasteiger partial charge in [-0.1, -0.05) is 31.2 Å². The minimum atomic E-state index is -0.631. The number of imide groups is 1. The van der Waals surface area contributed by atoms with Gasteiger partial charge in [0, 0.05) is 26.2 Å². The van der Waals surface area contributed by atoms with Gasteiger partial charge < -0.3 is 4.74 Å². The lowest BCUT2D eigenvalue weighted by Gasteiger charge is -2.28. The molecular formula is C26H28N4O4. The Morgan fingerprint density at radius 2 is 1.56 bits per heavy atom. The fourth-order valence-electron chi connectivity index (χ4n) is 4.90. The number of hydrogen-bond acceptors (Lipinski definition) is 6. The maximum absolute atomic E-state index is 13.5. The Hall–Kier alpha value is -3.36. The van der Waals surface area contributed by atoms with Crippen LogP contribution in [0.2, 0.25) is 0 Å². The molecule has 1 unspecified atom stereocenters. The minimum Gasteiger partial charge on any atom is -0.379 e. The maximum atomic E-state index is 13.5. The van der Waals surface area contributed by atoms with Crippen LogP contribution in [0.4, 0.5) is 0 Å². The molecule has 1 aromatic heterocycles. The number of carbonyl (C=O) groups excluding carboxylic acids is 2. The van der Waals surface area contributed by atoms with Crippen LogP contribution < -0.4 is 5.56 Å². The molecule has 8 heteroatoms. The van der Waals surface area contributed by atoms with E-state index in [2.05, 4.69) is 4.90 Å². The van der Waals surface area contributed by atoms with Gasteiger partial charge in [0.15, 0.2) is 0 Å². The fourth-order valence-corrected chi connectivity index (χ4v) is 4.90. The molecule has 0 aliphatic carbocycles. The van der Waals surface area contributed by atoms with E-state index in [1.807, 2.05) is 19.1 Å². The maximum Gasteiger partial charge on any atom is 0.262 e. The highest BCUT2D eigenvalue weighted by Crippen LogP contribution is 2.32. The van der Waals surface area contributed by atoms with E-state index in [1.165, 1.54) is 4.90 Å². The summed E-state index contributed by atoms with van der Waals surface area (Å²) >= 11 is 0. The molecule has 0 saturated carbocycles. The number of carbonyl (C=O) groups is 2. The quantitative estimate of drug-likeness (QED) is 0.504. The number of benzene rings is 2. The fraction of sp³-hybridized carbons (Fsp3) is 0.385. The molecule has 0 bridgehead atoms. The molecule has 1 fully saturated rings. The molecule has 1 atom stereocenters. The van der Waals surface area contributed by atoms with Gasteiger partial charge in [0.2, 0.25) is 0 Å². The van der Waals surface area contributed by atoms with Crippen molar-refractivity contribution in [3.05, 3.63) is 75.8 Å². The molecule has 34 heavy (non-hydrogen) atoms. The molecule has 0 radical (unpaired) electrons. The van der Waals surface area contributed by atoms with Crippen LogP contribution in [0.1, 0.15) is 52.3 Å². The van der Waals surface area contributed by atoms with Gasteiger partial charge in [0.1, 0.15) is 5.82 Å². The topological polar surface area (TPSA) is 84.7 Å². The predicted molar refractivity (Wildman–Crippen MR) is 128 cm³/mol. The van der Waals surface area contributed by atoms with Crippen molar-refractivity contribution in [3.63, 3.8) is 0 Å². The summed E-state index contributed by atoms with van der Waals surface area (Å²) < 4.78 is 7.09. The first kappa shape index (κ1) is 22.4. The summed E-state index contributed by atoms with van der Waals surface area (Å²) in [6.07, 6.45) is 1.21. The molecule has 3 aromatic rings. The molecule has 1 saturated heterocycles. The Bertz CT molecular complexity index is 1260. The third-order valence-corrected chi connectivity index (χ3v) is 6.67. The molecule has 176 valence electrons. The van der Waals surface area contributed by atoms with Gasteiger partial charge in [-0.25, -0.2) is 4.98 Å². The smallest absolute Gasteiger partial charge is 0.262 e. The average Bonchev–Trinajstić information content (AvgIpc) is 3.12. The van der Waals surface area contributed by atoms with Crippen molar-refractivity contribution >= 4 is 22.7 Å². The number of ether oxygens (including phenoxy) is 1. The largest absolute Gasteiger partial charge is 0.379 e. The van der Waals surface area contributed by atoms with E-state index in [0.29, 0.717) is 40.8 Å². The Labute approximate surface area is 197 Å². The van der Waals surface area contributed by atoms with Gasteiger partial charge in [0.25, 0.3) is 17.4 Å². The van der Waals surface area contributed by atoms with E-state index < -0.39 is 6.04 Å². The van der Waals surface area contributed by atoms with Crippen molar-refractivity contribution in [2.24, 2.45) is 0 Å². The van der Waals surface area contributed by atoms with Crippen LogP contribution in [-0.2, 0) is 11.3 Å². The number of para-hydroxylation sites is 1. The zero-order valence-corrected chi connectivity index (χ0v) is 19.3. The van der Waals surface area contributed by atoms with Crippen molar-refractivity contribution in [2.45, 2.75) is 32.4 Å². The Morgan fingerprint density at radius 1 is 0.912 bits per heavy atom. The zero-order valence-electron chi connectivity index (χ0n) is 19.3. The monoisotopic (exact) mass is 460 g/mol. The first-order valence-corrected chi connectivity index (χ1v) is 11.9. The molecule has 2 amide bonds. The van der Waals surface area contributed by atoms with E-state index in [1.54, 1.807) is 41.0 Å². The molecule has 2 aliphatic rings. The van der Waals surface area contributed by atoms with E-state index in [4.69, 9.17) is 9.72 Å².